The summed E-state index contributed by atoms with van der Waals surface area (Å²) in [5, 5.41) is 13.8. The summed E-state index contributed by atoms with van der Waals surface area (Å²) in [4.78, 5) is 0. The maximum atomic E-state index is 9.04. The lowest BCUT2D eigenvalue weighted by Crippen LogP contribution is -1.99. The fourth-order valence-corrected chi connectivity index (χ4v) is 3.97. The number of hydrogen-bond donors (Lipinski definition) is 1. The summed E-state index contributed by atoms with van der Waals surface area (Å²) in [5.74, 6) is 0.742. The lowest BCUT2D eigenvalue weighted by Gasteiger charge is -2.04. The molecule has 0 aliphatic heterocycles. The molecule has 20 heavy (non-hydrogen) atoms. The van der Waals surface area contributed by atoms with E-state index in [1.54, 1.807) is 11.3 Å². The third-order valence-corrected chi connectivity index (χ3v) is 4.77. The van der Waals surface area contributed by atoms with Crippen LogP contribution in [0.15, 0.2) is 54.6 Å². The van der Waals surface area contributed by atoms with Crippen LogP contribution in [-0.2, 0) is 0 Å². The van der Waals surface area contributed by atoms with Crippen molar-refractivity contribution in [3.63, 3.8) is 0 Å². The predicted octanol–water partition coefficient (Wildman–Crippen LogP) is 3.85. The molecule has 96 valence electrons. The second-order valence-corrected chi connectivity index (χ2v) is 5.72. The van der Waals surface area contributed by atoms with Crippen molar-refractivity contribution in [1.82, 2.24) is 0 Å². The molecule has 0 unspecified atom stereocenters. The molecule has 1 N–H and O–H groups in total. The molecule has 0 atom stereocenters. The van der Waals surface area contributed by atoms with E-state index in [9.17, 15) is 0 Å². The molecule has 2 nitrogen and oxygen atoms in total. The first kappa shape index (κ1) is 11.8. The highest BCUT2D eigenvalue weighted by molar-refractivity contribution is 7.26. The highest BCUT2D eigenvalue weighted by atomic mass is 32.1. The molecule has 0 aliphatic carbocycles. The Morgan fingerprint density at radius 2 is 1.80 bits per heavy atom. The monoisotopic (exact) mass is 278 g/mol. The van der Waals surface area contributed by atoms with Crippen LogP contribution < -0.4 is 4.65 Å². The minimum atomic E-state index is -0.302. The van der Waals surface area contributed by atoms with E-state index >= 15 is 0 Å². The largest absolute Gasteiger partial charge is 0.538 e. The van der Waals surface area contributed by atoms with Crippen molar-refractivity contribution >= 4 is 50.0 Å². The molecule has 0 saturated carbocycles. The van der Waals surface area contributed by atoms with E-state index in [-0.39, 0.29) is 7.69 Å². The topological polar surface area (TPSA) is 29.5 Å². The Bertz CT molecular complexity index is 930. The van der Waals surface area contributed by atoms with Gasteiger partial charge >= 0.3 is 7.69 Å². The zero-order valence-corrected chi connectivity index (χ0v) is 11.5. The molecule has 0 spiro atoms. The van der Waals surface area contributed by atoms with Crippen LogP contribution in [0.1, 0.15) is 0 Å². The van der Waals surface area contributed by atoms with Crippen LogP contribution >= 0.6 is 11.3 Å². The van der Waals surface area contributed by atoms with E-state index in [0.717, 1.165) is 11.1 Å². The van der Waals surface area contributed by atoms with Gasteiger partial charge in [0.2, 0.25) is 0 Å². The second-order valence-electron chi connectivity index (χ2n) is 4.67. The summed E-state index contributed by atoms with van der Waals surface area (Å²) < 4.78 is 7.81. The zero-order chi connectivity index (χ0) is 13.5. The first-order valence-electron chi connectivity index (χ1n) is 6.45. The summed E-state index contributed by atoms with van der Waals surface area (Å²) >= 11 is 1.77. The van der Waals surface area contributed by atoms with E-state index in [4.69, 9.17) is 9.68 Å². The minimum absolute atomic E-state index is 0.302. The highest BCUT2D eigenvalue weighted by Crippen LogP contribution is 2.42. The van der Waals surface area contributed by atoms with Crippen molar-refractivity contribution in [2.24, 2.45) is 0 Å². The average Bonchev–Trinajstić information content (AvgIpc) is 2.87. The number of rotatable bonds is 2. The van der Waals surface area contributed by atoms with Gasteiger partial charge in [-0.3, -0.25) is 0 Å². The summed E-state index contributed by atoms with van der Waals surface area (Å²) in [7, 11) is -0.302. The van der Waals surface area contributed by atoms with Crippen LogP contribution in [0.25, 0.3) is 30.9 Å². The first-order chi connectivity index (χ1) is 9.88. The van der Waals surface area contributed by atoms with Gasteiger partial charge in [0.25, 0.3) is 0 Å². The molecule has 1 heterocycles. The molecular formula is C16H11BO2S. The Morgan fingerprint density at radius 3 is 2.70 bits per heavy atom. The predicted molar refractivity (Wildman–Crippen MR) is 86.8 cm³/mol. The maximum Gasteiger partial charge on any atom is 0.504 e. The number of thiophene rings is 1. The van der Waals surface area contributed by atoms with Crippen LogP contribution in [0.3, 0.4) is 0 Å². The lowest BCUT2D eigenvalue weighted by atomic mass is 10.1. The zero-order valence-electron chi connectivity index (χ0n) is 10.7. The van der Waals surface area contributed by atoms with Crippen molar-refractivity contribution in [1.29, 1.82) is 0 Å². The molecule has 0 radical (unpaired) electrons. The molecule has 4 rings (SSSR count). The third kappa shape index (κ3) is 1.62. The Hall–Kier alpha value is -2.04. The van der Waals surface area contributed by atoms with Crippen molar-refractivity contribution < 1.29 is 9.68 Å². The molecule has 4 heteroatoms. The molecule has 1 aromatic heterocycles. The van der Waals surface area contributed by atoms with Crippen LogP contribution in [0.2, 0.25) is 0 Å². The van der Waals surface area contributed by atoms with E-state index in [1.807, 2.05) is 12.1 Å². The Balaban J connectivity index is 2.19. The van der Waals surface area contributed by atoms with Crippen molar-refractivity contribution in [3.05, 3.63) is 54.6 Å². The number of fused-ring (bicyclic) bond motifs is 5. The van der Waals surface area contributed by atoms with Crippen LogP contribution in [0, 0.1) is 0 Å². The van der Waals surface area contributed by atoms with Gasteiger partial charge in [0.15, 0.2) is 0 Å². The van der Waals surface area contributed by atoms with Crippen LogP contribution in [0.4, 0.5) is 0 Å². The van der Waals surface area contributed by atoms with Gasteiger partial charge in [0.05, 0.1) is 0 Å². The van der Waals surface area contributed by atoms with Crippen molar-refractivity contribution in [3.8, 4) is 5.75 Å². The molecule has 0 fully saturated rings. The van der Waals surface area contributed by atoms with Gasteiger partial charge in [-0.15, -0.1) is 11.3 Å². The van der Waals surface area contributed by atoms with Gasteiger partial charge < -0.3 is 9.68 Å². The fraction of sp³-hybridized carbons (Fsp3) is 0. The molecule has 3 aromatic carbocycles. The average molecular weight is 278 g/mol. The Kier molecular flexibility index (Phi) is 2.65. The van der Waals surface area contributed by atoms with Crippen LogP contribution in [0.5, 0.6) is 5.75 Å². The van der Waals surface area contributed by atoms with Gasteiger partial charge in [0.1, 0.15) is 5.75 Å². The maximum absolute atomic E-state index is 9.04. The van der Waals surface area contributed by atoms with Gasteiger partial charge in [-0.05, 0) is 22.9 Å². The molecule has 4 aromatic rings. The van der Waals surface area contributed by atoms with Crippen molar-refractivity contribution in [2.75, 3.05) is 0 Å². The number of hydrogen-bond acceptors (Lipinski definition) is 3. The quantitative estimate of drug-likeness (QED) is 0.564. The third-order valence-electron chi connectivity index (χ3n) is 3.57. The van der Waals surface area contributed by atoms with E-state index < -0.39 is 0 Å². The Morgan fingerprint density at radius 1 is 0.900 bits per heavy atom. The normalized spacial score (nSPS) is 11.2. The molecular weight excluding hydrogens is 267 g/mol. The van der Waals surface area contributed by atoms with Gasteiger partial charge in [-0.1, -0.05) is 42.5 Å². The number of benzene rings is 3. The second kappa shape index (κ2) is 4.51. The van der Waals surface area contributed by atoms with E-state index in [2.05, 4.69) is 42.5 Å². The SMILES string of the molecule is OBOc1cccc2sc3c4ccccc4ccc3c12. The summed E-state index contributed by atoms with van der Waals surface area (Å²) in [5.41, 5.74) is 0. The smallest absolute Gasteiger partial charge is 0.504 e. The summed E-state index contributed by atoms with van der Waals surface area (Å²) in [6.07, 6.45) is 0. The van der Waals surface area contributed by atoms with Gasteiger partial charge in [-0.25, -0.2) is 0 Å². The van der Waals surface area contributed by atoms with E-state index in [0.29, 0.717) is 0 Å². The summed E-state index contributed by atoms with van der Waals surface area (Å²) in [6, 6.07) is 18.6. The van der Waals surface area contributed by atoms with E-state index in [1.165, 1.54) is 25.6 Å². The van der Waals surface area contributed by atoms with Gasteiger partial charge in [-0.2, -0.15) is 0 Å². The molecule has 0 aliphatic rings. The molecule has 0 saturated heterocycles. The minimum Gasteiger partial charge on any atom is -0.538 e. The standard InChI is InChI=1S/C16H11BO2S/c18-17-19-13-6-3-7-14-15(13)12-9-8-10-4-1-2-5-11(10)16(12)20-14/h1-9,17-18H. The first-order valence-corrected chi connectivity index (χ1v) is 7.27. The highest BCUT2D eigenvalue weighted by Gasteiger charge is 2.12. The van der Waals surface area contributed by atoms with Gasteiger partial charge in [0, 0.05) is 20.2 Å². The Labute approximate surface area is 120 Å². The van der Waals surface area contributed by atoms with Crippen molar-refractivity contribution in [2.45, 2.75) is 0 Å². The molecule has 0 amide bonds. The summed E-state index contributed by atoms with van der Waals surface area (Å²) in [6.45, 7) is 0. The van der Waals surface area contributed by atoms with Crippen LogP contribution in [-0.4, -0.2) is 12.7 Å². The fourth-order valence-electron chi connectivity index (χ4n) is 2.71. The lowest BCUT2D eigenvalue weighted by molar-refractivity contribution is 0.457. The molecule has 0 bridgehead atoms.